The summed E-state index contributed by atoms with van der Waals surface area (Å²) in [5, 5.41) is 4.29. The van der Waals surface area contributed by atoms with Gasteiger partial charge in [-0.05, 0) is 49.0 Å². The molecule has 0 saturated carbocycles. The first-order valence-electron chi connectivity index (χ1n) is 8.31. The fourth-order valence-corrected chi connectivity index (χ4v) is 4.61. The lowest BCUT2D eigenvalue weighted by Gasteiger charge is -2.27. The van der Waals surface area contributed by atoms with Crippen molar-refractivity contribution in [3.63, 3.8) is 0 Å². The van der Waals surface area contributed by atoms with E-state index in [-0.39, 0.29) is 12.1 Å². The minimum absolute atomic E-state index is 0.0652. The highest BCUT2D eigenvalue weighted by atomic mass is 32.1. The smallest absolute Gasteiger partial charge is 0.170 e. The molecule has 126 valence electrons. The molecule has 0 unspecified atom stereocenters. The van der Waals surface area contributed by atoms with E-state index in [9.17, 15) is 0 Å². The second-order valence-electron chi connectivity index (χ2n) is 6.19. The van der Waals surface area contributed by atoms with Crippen molar-refractivity contribution >= 4 is 28.7 Å². The maximum Gasteiger partial charge on any atom is 0.170 e. The van der Waals surface area contributed by atoms with Gasteiger partial charge in [-0.25, -0.2) is 0 Å². The molecule has 25 heavy (non-hydrogen) atoms. The molecule has 4 rings (SSSR count). The van der Waals surface area contributed by atoms with Crippen LogP contribution in [0.3, 0.4) is 0 Å². The summed E-state index contributed by atoms with van der Waals surface area (Å²) in [5.74, 6) is 0. The van der Waals surface area contributed by atoms with Gasteiger partial charge in [-0.1, -0.05) is 36.4 Å². The molecule has 0 radical (unpaired) electrons. The average molecular weight is 366 g/mol. The first kappa shape index (κ1) is 16.2. The van der Waals surface area contributed by atoms with E-state index in [1.54, 1.807) is 0 Å². The Morgan fingerprint density at radius 2 is 1.88 bits per heavy atom. The number of rotatable bonds is 4. The molecule has 1 aliphatic heterocycles. The molecule has 3 aromatic rings. The highest BCUT2D eigenvalue weighted by Crippen LogP contribution is 2.41. The Balaban J connectivity index is 1.72. The first-order valence-corrected chi connectivity index (χ1v) is 9.53. The Bertz CT molecular complexity index is 861. The average Bonchev–Trinajstić information content (AvgIpc) is 3.20. The molecule has 1 aromatic carbocycles. The Morgan fingerprint density at radius 1 is 1.08 bits per heavy atom. The van der Waals surface area contributed by atoms with Gasteiger partial charge < -0.3 is 10.2 Å². The fourth-order valence-electron chi connectivity index (χ4n) is 3.28. The van der Waals surface area contributed by atoms with Crippen molar-refractivity contribution in [1.29, 1.82) is 0 Å². The van der Waals surface area contributed by atoms with Crippen LogP contribution in [-0.4, -0.2) is 15.0 Å². The van der Waals surface area contributed by atoms with Gasteiger partial charge in [-0.15, -0.1) is 11.3 Å². The highest BCUT2D eigenvalue weighted by Gasteiger charge is 2.40. The van der Waals surface area contributed by atoms with Crippen molar-refractivity contribution in [2.75, 3.05) is 0 Å². The largest absolute Gasteiger partial charge is 0.352 e. The predicted molar refractivity (Wildman–Crippen MR) is 106 cm³/mol. The molecule has 3 nitrogen and oxygen atoms in total. The topological polar surface area (TPSA) is 28.2 Å². The van der Waals surface area contributed by atoms with Crippen LogP contribution in [0.15, 0.2) is 66.9 Å². The van der Waals surface area contributed by atoms with E-state index in [1.165, 1.54) is 15.3 Å². The number of hydrogen-bond donors (Lipinski definition) is 1. The van der Waals surface area contributed by atoms with Crippen LogP contribution < -0.4 is 5.32 Å². The van der Waals surface area contributed by atoms with Crippen LogP contribution in [0, 0.1) is 6.92 Å². The summed E-state index contributed by atoms with van der Waals surface area (Å²) in [4.78, 5) is 9.49. The predicted octanol–water partition coefficient (Wildman–Crippen LogP) is 4.62. The van der Waals surface area contributed by atoms with Crippen LogP contribution in [0.5, 0.6) is 0 Å². The van der Waals surface area contributed by atoms with Crippen LogP contribution in [-0.2, 0) is 6.54 Å². The molecule has 2 atom stereocenters. The summed E-state index contributed by atoms with van der Waals surface area (Å²) in [7, 11) is 0. The second kappa shape index (κ2) is 6.94. The van der Waals surface area contributed by atoms with Gasteiger partial charge in [0, 0.05) is 22.5 Å². The normalized spacial score (nSPS) is 19.9. The molecular formula is C20H19N3S2. The summed E-state index contributed by atoms with van der Waals surface area (Å²) < 4.78 is 0. The maximum atomic E-state index is 5.69. The van der Waals surface area contributed by atoms with Crippen molar-refractivity contribution < 1.29 is 0 Å². The van der Waals surface area contributed by atoms with E-state index in [0.717, 1.165) is 17.4 Å². The molecule has 0 aliphatic carbocycles. The number of nitrogens with zero attached hydrogens (tertiary/aromatic N) is 2. The molecule has 1 fully saturated rings. The Morgan fingerprint density at radius 3 is 2.56 bits per heavy atom. The number of benzene rings is 1. The fraction of sp³-hybridized carbons (Fsp3) is 0.200. The number of hydrogen-bond acceptors (Lipinski definition) is 3. The zero-order chi connectivity index (χ0) is 17.2. The zero-order valence-electron chi connectivity index (χ0n) is 13.9. The van der Waals surface area contributed by atoms with Gasteiger partial charge in [0.1, 0.15) is 0 Å². The van der Waals surface area contributed by atoms with E-state index >= 15 is 0 Å². The summed E-state index contributed by atoms with van der Waals surface area (Å²) in [6.07, 6.45) is 1.84. The van der Waals surface area contributed by atoms with Crippen molar-refractivity contribution in [3.05, 3.63) is 87.9 Å². The zero-order valence-corrected chi connectivity index (χ0v) is 15.6. The molecule has 3 heterocycles. The molecule has 0 spiro atoms. The molecule has 5 heteroatoms. The van der Waals surface area contributed by atoms with E-state index < -0.39 is 0 Å². The van der Waals surface area contributed by atoms with E-state index in [1.807, 2.05) is 35.7 Å². The molecule has 0 bridgehead atoms. The SMILES string of the molecule is Cc1ccc([C@H]2[C@@H](c3ccccn3)NC(=S)N2Cc2ccccc2)s1. The van der Waals surface area contributed by atoms with Crippen molar-refractivity contribution in [2.24, 2.45) is 0 Å². The van der Waals surface area contributed by atoms with Crippen molar-refractivity contribution in [2.45, 2.75) is 25.6 Å². The number of thiocarbonyl (C=S) groups is 1. The maximum absolute atomic E-state index is 5.69. The Labute approximate surface area is 157 Å². The number of thiophene rings is 1. The van der Waals surface area contributed by atoms with E-state index in [2.05, 4.69) is 64.6 Å². The molecule has 1 saturated heterocycles. The van der Waals surface area contributed by atoms with Gasteiger partial charge in [0.25, 0.3) is 0 Å². The van der Waals surface area contributed by atoms with Crippen molar-refractivity contribution in [1.82, 2.24) is 15.2 Å². The third kappa shape index (κ3) is 3.30. The summed E-state index contributed by atoms with van der Waals surface area (Å²) in [5.41, 5.74) is 2.28. The van der Waals surface area contributed by atoms with Gasteiger partial charge in [0.2, 0.25) is 0 Å². The van der Waals surface area contributed by atoms with Gasteiger partial charge in [0.05, 0.1) is 17.8 Å². The van der Waals surface area contributed by atoms with Crippen LogP contribution in [0.4, 0.5) is 0 Å². The Kier molecular flexibility index (Phi) is 4.51. The third-order valence-electron chi connectivity index (χ3n) is 4.45. The van der Waals surface area contributed by atoms with Gasteiger partial charge in [-0.2, -0.15) is 0 Å². The number of aromatic nitrogens is 1. The van der Waals surface area contributed by atoms with Crippen LogP contribution >= 0.6 is 23.6 Å². The van der Waals surface area contributed by atoms with E-state index in [0.29, 0.717) is 0 Å². The summed E-state index contributed by atoms with van der Waals surface area (Å²) >= 11 is 7.52. The van der Waals surface area contributed by atoms with Gasteiger partial charge in [-0.3, -0.25) is 4.98 Å². The lowest BCUT2D eigenvalue weighted by Crippen LogP contribution is -2.28. The van der Waals surface area contributed by atoms with Crippen LogP contribution in [0.1, 0.15) is 33.1 Å². The van der Waals surface area contributed by atoms with Crippen LogP contribution in [0.25, 0.3) is 0 Å². The number of pyridine rings is 1. The summed E-state index contributed by atoms with van der Waals surface area (Å²) in [6.45, 7) is 2.93. The monoisotopic (exact) mass is 365 g/mol. The third-order valence-corrected chi connectivity index (χ3v) is 5.87. The summed E-state index contributed by atoms with van der Waals surface area (Å²) in [6, 6.07) is 21.1. The van der Waals surface area contributed by atoms with Gasteiger partial charge >= 0.3 is 0 Å². The number of aryl methyl sites for hydroxylation is 1. The lowest BCUT2D eigenvalue weighted by atomic mass is 10.0. The minimum atomic E-state index is 0.0652. The minimum Gasteiger partial charge on any atom is -0.352 e. The lowest BCUT2D eigenvalue weighted by molar-refractivity contribution is 0.315. The second-order valence-corrected chi connectivity index (χ2v) is 7.89. The van der Waals surface area contributed by atoms with E-state index in [4.69, 9.17) is 12.2 Å². The molecule has 2 aromatic heterocycles. The van der Waals surface area contributed by atoms with Gasteiger partial charge in [0.15, 0.2) is 5.11 Å². The first-order chi connectivity index (χ1) is 12.2. The van der Waals surface area contributed by atoms with Crippen LogP contribution in [0.2, 0.25) is 0 Å². The Hall–Kier alpha value is -2.24. The molecule has 1 N–H and O–H groups in total. The van der Waals surface area contributed by atoms with Crippen molar-refractivity contribution in [3.8, 4) is 0 Å². The molecular weight excluding hydrogens is 346 g/mol. The highest BCUT2D eigenvalue weighted by molar-refractivity contribution is 7.80. The molecule has 1 aliphatic rings. The quantitative estimate of drug-likeness (QED) is 0.683. The standard InChI is InChI=1S/C20H19N3S2/c1-14-10-11-17(25-14)19-18(16-9-5-6-12-21-16)22-20(24)23(19)13-15-7-3-2-4-8-15/h2-12,18-19H,13H2,1H3,(H,22,24)/t18-,19+/m1/s1. The molecule has 0 amide bonds. The number of nitrogens with one attached hydrogen (secondary N) is 1.